The topological polar surface area (TPSA) is 53.4 Å². The van der Waals surface area contributed by atoms with Gasteiger partial charge < -0.3 is 5.11 Å². The molecule has 1 unspecified atom stereocenters. The lowest BCUT2D eigenvalue weighted by Gasteiger charge is -2.35. The highest BCUT2D eigenvalue weighted by Crippen LogP contribution is 2.36. The fourth-order valence-corrected chi connectivity index (χ4v) is 1.98. The van der Waals surface area contributed by atoms with Crippen LogP contribution < -0.4 is 0 Å². The van der Waals surface area contributed by atoms with Gasteiger partial charge in [0.25, 0.3) is 0 Å². The summed E-state index contributed by atoms with van der Waals surface area (Å²) < 4.78 is 0. The molecule has 4 heteroatoms. The van der Waals surface area contributed by atoms with Gasteiger partial charge in [0.2, 0.25) is 0 Å². The van der Waals surface area contributed by atoms with Gasteiger partial charge in [0.15, 0.2) is 0 Å². The van der Waals surface area contributed by atoms with Gasteiger partial charge >= 0.3 is 5.97 Å². The summed E-state index contributed by atoms with van der Waals surface area (Å²) in [6.07, 6.45) is 5.45. The molecular formula is C12H16N2O2. The molecule has 1 fully saturated rings. The molecule has 0 amide bonds. The third kappa shape index (κ3) is 1.69. The van der Waals surface area contributed by atoms with E-state index in [4.69, 9.17) is 0 Å². The molecule has 1 aromatic heterocycles. The van der Waals surface area contributed by atoms with Crippen molar-refractivity contribution < 1.29 is 9.90 Å². The summed E-state index contributed by atoms with van der Waals surface area (Å²) in [4.78, 5) is 17.4. The van der Waals surface area contributed by atoms with Gasteiger partial charge in [-0.1, -0.05) is 0 Å². The fourth-order valence-electron chi connectivity index (χ4n) is 1.98. The van der Waals surface area contributed by atoms with E-state index < -0.39 is 11.5 Å². The number of aliphatic carboxylic acids is 1. The van der Waals surface area contributed by atoms with Gasteiger partial charge in [-0.25, -0.2) is 4.79 Å². The van der Waals surface area contributed by atoms with Gasteiger partial charge in [-0.2, -0.15) is 0 Å². The van der Waals surface area contributed by atoms with Crippen molar-refractivity contribution >= 4 is 5.97 Å². The van der Waals surface area contributed by atoms with E-state index in [1.807, 2.05) is 11.9 Å². The fraction of sp³-hybridized carbons (Fsp3) is 0.500. The zero-order chi connectivity index (χ0) is 11.8. The molecule has 0 saturated heterocycles. The first-order valence-electron chi connectivity index (χ1n) is 5.43. The van der Waals surface area contributed by atoms with Crippen LogP contribution >= 0.6 is 0 Å². The summed E-state index contributed by atoms with van der Waals surface area (Å²) in [5.41, 5.74) is -0.172. The maximum Gasteiger partial charge on any atom is 0.328 e. The van der Waals surface area contributed by atoms with Gasteiger partial charge in [0, 0.05) is 18.4 Å². The van der Waals surface area contributed by atoms with Crippen molar-refractivity contribution in [3.05, 3.63) is 30.1 Å². The van der Waals surface area contributed by atoms with Crippen molar-refractivity contribution in [2.75, 3.05) is 7.05 Å². The van der Waals surface area contributed by atoms with Crippen LogP contribution in [0.25, 0.3) is 0 Å². The number of carbonyl (C=O) groups is 1. The number of likely N-dealkylation sites (N-methyl/N-ethyl adjacent to an activating group) is 1. The molecule has 1 aliphatic rings. The molecule has 86 valence electrons. The van der Waals surface area contributed by atoms with E-state index in [9.17, 15) is 9.90 Å². The van der Waals surface area contributed by atoms with E-state index in [1.54, 1.807) is 31.5 Å². The SMILES string of the molecule is CN(C1CC1)C(C)(C(=O)O)c1ccncc1. The van der Waals surface area contributed by atoms with Gasteiger partial charge in [0.1, 0.15) is 5.54 Å². The largest absolute Gasteiger partial charge is 0.480 e. The van der Waals surface area contributed by atoms with Gasteiger partial charge in [0.05, 0.1) is 0 Å². The summed E-state index contributed by atoms with van der Waals surface area (Å²) in [5, 5.41) is 9.47. The Morgan fingerprint density at radius 2 is 2.06 bits per heavy atom. The lowest BCUT2D eigenvalue weighted by molar-refractivity contribution is -0.150. The normalized spacial score (nSPS) is 19.4. The average molecular weight is 220 g/mol. The Kier molecular flexibility index (Phi) is 2.68. The van der Waals surface area contributed by atoms with Crippen LogP contribution in [0.5, 0.6) is 0 Å². The minimum absolute atomic E-state index is 0.397. The first-order valence-corrected chi connectivity index (χ1v) is 5.43. The molecule has 0 spiro atoms. The standard InChI is InChI=1S/C12H16N2O2/c1-12(11(15)16,14(2)10-3-4-10)9-5-7-13-8-6-9/h5-8,10H,3-4H2,1-2H3,(H,15,16). The number of aromatic nitrogens is 1. The van der Waals surface area contributed by atoms with Gasteiger partial charge in [-0.15, -0.1) is 0 Å². The Hall–Kier alpha value is -1.42. The second-order valence-corrected chi connectivity index (χ2v) is 4.46. The first-order chi connectivity index (χ1) is 7.56. The van der Waals surface area contributed by atoms with E-state index in [-0.39, 0.29) is 0 Å². The number of hydrogen-bond donors (Lipinski definition) is 1. The molecule has 1 saturated carbocycles. The van der Waals surface area contributed by atoms with Crippen LogP contribution in [0.4, 0.5) is 0 Å². The molecule has 1 aromatic rings. The third-order valence-corrected chi connectivity index (χ3v) is 3.46. The van der Waals surface area contributed by atoms with Crippen molar-refractivity contribution in [1.82, 2.24) is 9.88 Å². The average Bonchev–Trinajstić information content (AvgIpc) is 3.11. The van der Waals surface area contributed by atoms with E-state index in [2.05, 4.69) is 4.98 Å². The Labute approximate surface area is 94.9 Å². The lowest BCUT2D eigenvalue weighted by Crippen LogP contribution is -2.48. The number of hydrogen-bond acceptors (Lipinski definition) is 3. The van der Waals surface area contributed by atoms with Crippen molar-refractivity contribution in [3.63, 3.8) is 0 Å². The molecule has 1 heterocycles. The smallest absolute Gasteiger partial charge is 0.328 e. The highest BCUT2D eigenvalue weighted by molar-refractivity contribution is 5.80. The van der Waals surface area contributed by atoms with Crippen molar-refractivity contribution in [3.8, 4) is 0 Å². The van der Waals surface area contributed by atoms with Crippen molar-refractivity contribution in [2.24, 2.45) is 0 Å². The molecule has 2 rings (SSSR count). The molecule has 1 aliphatic carbocycles. The molecule has 16 heavy (non-hydrogen) atoms. The molecule has 0 aliphatic heterocycles. The molecule has 4 nitrogen and oxygen atoms in total. The van der Waals surface area contributed by atoms with Crippen LogP contribution in [-0.2, 0) is 10.3 Å². The number of carboxylic acid groups (broad SMARTS) is 1. The summed E-state index contributed by atoms with van der Waals surface area (Å²) in [6.45, 7) is 1.75. The second-order valence-electron chi connectivity index (χ2n) is 4.46. The molecule has 0 bridgehead atoms. The summed E-state index contributed by atoms with van der Waals surface area (Å²) in [6, 6.07) is 3.94. The van der Waals surface area contributed by atoms with Crippen LogP contribution in [-0.4, -0.2) is 34.0 Å². The predicted molar refractivity (Wildman–Crippen MR) is 60.0 cm³/mol. The van der Waals surface area contributed by atoms with E-state index in [0.29, 0.717) is 6.04 Å². The maximum atomic E-state index is 11.5. The Bertz CT molecular complexity index is 389. The van der Waals surface area contributed by atoms with Crippen molar-refractivity contribution in [1.29, 1.82) is 0 Å². The zero-order valence-electron chi connectivity index (χ0n) is 9.55. The predicted octanol–water partition coefficient (Wildman–Crippen LogP) is 1.48. The van der Waals surface area contributed by atoms with E-state index >= 15 is 0 Å². The van der Waals surface area contributed by atoms with Gasteiger partial charge in [-0.3, -0.25) is 9.88 Å². The minimum Gasteiger partial charge on any atom is -0.480 e. The minimum atomic E-state index is -0.954. The number of rotatable bonds is 4. The number of carboxylic acids is 1. The maximum absolute atomic E-state index is 11.5. The Balaban J connectivity index is 2.38. The molecule has 1 atom stereocenters. The summed E-state index contributed by atoms with van der Waals surface area (Å²) in [5.74, 6) is -0.812. The lowest BCUT2D eigenvalue weighted by atomic mass is 9.91. The monoisotopic (exact) mass is 220 g/mol. The molecule has 0 aromatic carbocycles. The van der Waals surface area contributed by atoms with Crippen LogP contribution in [0.3, 0.4) is 0 Å². The highest BCUT2D eigenvalue weighted by atomic mass is 16.4. The highest BCUT2D eigenvalue weighted by Gasteiger charge is 2.45. The molecular weight excluding hydrogens is 204 g/mol. The Morgan fingerprint density at radius 3 is 2.50 bits per heavy atom. The number of nitrogens with zero attached hydrogens (tertiary/aromatic N) is 2. The first kappa shape index (κ1) is 11.1. The third-order valence-electron chi connectivity index (χ3n) is 3.46. The van der Waals surface area contributed by atoms with E-state index in [1.165, 1.54) is 0 Å². The summed E-state index contributed by atoms with van der Waals surface area (Å²) >= 11 is 0. The number of pyridine rings is 1. The zero-order valence-corrected chi connectivity index (χ0v) is 9.55. The second kappa shape index (κ2) is 3.87. The van der Waals surface area contributed by atoms with Crippen molar-refractivity contribution in [2.45, 2.75) is 31.3 Å². The van der Waals surface area contributed by atoms with Crippen LogP contribution in [0.15, 0.2) is 24.5 Å². The van der Waals surface area contributed by atoms with Crippen LogP contribution in [0.2, 0.25) is 0 Å². The Morgan fingerprint density at radius 1 is 1.50 bits per heavy atom. The van der Waals surface area contributed by atoms with E-state index in [0.717, 1.165) is 18.4 Å². The molecule has 0 radical (unpaired) electrons. The quantitative estimate of drug-likeness (QED) is 0.835. The van der Waals surface area contributed by atoms with Crippen LogP contribution in [0.1, 0.15) is 25.3 Å². The van der Waals surface area contributed by atoms with Gasteiger partial charge in [-0.05, 0) is 44.5 Å². The summed E-state index contributed by atoms with van der Waals surface area (Å²) in [7, 11) is 1.88. The molecule has 1 N–H and O–H groups in total. The van der Waals surface area contributed by atoms with Crippen LogP contribution in [0, 0.1) is 0 Å².